The number of hydrogen-bond donors (Lipinski definition) is 1. The second-order valence-electron chi connectivity index (χ2n) is 5.13. The molecule has 1 saturated heterocycles. The molecule has 4 heteroatoms. The summed E-state index contributed by atoms with van der Waals surface area (Å²) < 4.78 is 10.5. The molecule has 0 spiro atoms. The van der Waals surface area contributed by atoms with E-state index in [-0.39, 0.29) is 12.0 Å². The molecule has 0 saturated carbocycles. The normalized spacial score (nSPS) is 18.6. The highest BCUT2D eigenvalue weighted by atomic mass is 16.5. The molecule has 1 aliphatic heterocycles. The number of methoxy groups -OCH3 is 1. The van der Waals surface area contributed by atoms with Crippen LogP contribution in [0.25, 0.3) is 0 Å². The Morgan fingerprint density at radius 1 is 1.40 bits per heavy atom. The third-order valence-electron chi connectivity index (χ3n) is 3.58. The van der Waals surface area contributed by atoms with E-state index in [4.69, 9.17) is 9.47 Å². The van der Waals surface area contributed by atoms with E-state index >= 15 is 0 Å². The fourth-order valence-corrected chi connectivity index (χ4v) is 2.43. The Morgan fingerprint density at radius 3 is 3.05 bits per heavy atom. The first-order valence-corrected chi connectivity index (χ1v) is 7.32. The fraction of sp³-hybridized carbons (Fsp3) is 0.562. The van der Waals surface area contributed by atoms with Crippen molar-refractivity contribution < 1.29 is 14.3 Å². The van der Waals surface area contributed by atoms with Crippen LogP contribution in [0.2, 0.25) is 0 Å². The number of benzene rings is 1. The summed E-state index contributed by atoms with van der Waals surface area (Å²) >= 11 is 0. The van der Waals surface area contributed by atoms with E-state index in [1.807, 2.05) is 18.2 Å². The molecule has 1 heterocycles. The Bertz CT molecular complexity index is 427. The van der Waals surface area contributed by atoms with E-state index in [9.17, 15) is 4.79 Å². The van der Waals surface area contributed by atoms with Crippen LogP contribution in [-0.4, -0.2) is 32.3 Å². The molecule has 0 unspecified atom stereocenters. The molecular weight excluding hydrogens is 254 g/mol. The largest absolute Gasteiger partial charge is 0.497 e. The second-order valence-corrected chi connectivity index (χ2v) is 5.13. The van der Waals surface area contributed by atoms with Gasteiger partial charge in [0.05, 0.1) is 13.7 Å². The third kappa shape index (κ3) is 4.53. The summed E-state index contributed by atoms with van der Waals surface area (Å²) in [5.41, 5.74) is 1.20. The summed E-state index contributed by atoms with van der Waals surface area (Å²) in [6.07, 6.45) is 4.89. The highest BCUT2D eigenvalue weighted by molar-refractivity contribution is 5.75. The zero-order chi connectivity index (χ0) is 14.2. The first-order valence-electron chi connectivity index (χ1n) is 7.32. The number of ether oxygens (including phenoxy) is 2. The molecular formula is C16H23NO3. The summed E-state index contributed by atoms with van der Waals surface area (Å²) in [5, 5.41) is 3.20. The maximum absolute atomic E-state index is 11.8. The summed E-state index contributed by atoms with van der Waals surface area (Å²) in [5.74, 6) is 0.765. The summed E-state index contributed by atoms with van der Waals surface area (Å²) in [6, 6.07) is 7.89. The Labute approximate surface area is 120 Å². The predicted octanol–water partition coefficient (Wildman–Crippen LogP) is 2.31. The van der Waals surface area contributed by atoms with Crippen molar-refractivity contribution >= 4 is 5.97 Å². The summed E-state index contributed by atoms with van der Waals surface area (Å²) in [4.78, 5) is 11.8. The Kier molecular flexibility index (Phi) is 5.87. The minimum Gasteiger partial charge on any atom is -0.497 e. The molecule has 0 bridgehead atoms. The standard InChI is InChI=1S/C16H23NO3/c1-19-14-8-4-6-13(12-14)7-5-11-20-16(18)15-9-2-3-10-17-15/h4,6,8,12,15,17H,2-3,5,7,9-11H2,1H3/t15-/m0/s1. The number of nitrogens with one attached hydrogen (secondary N) is 1. The van der Waals surface area contributed by atoms with E-state index in [1.54, 1.807) is 7.11 Å². The van der Waals surface area contributed by atoms with Crippen LogP contribution in [0.4, 0.5) is 0 Å². The molecule has 20 heavy (non-hydrogen) atoms. The highest BCUT2D eigenvalue weighted by Crippen LogP contribution is 2.14. The van der Waals surface area contributed by atoms with Crippen molar-refractivity contribution in [3.8, 4) is 5.75 Å². The van der Waals surface area contributed by atoms with Crippen LogP contribution >= 0.6 is 0 Å². The molecule has 0 aliphatic carbocycles. The van der Waals surface area contributed by atoms with Crippen LogP contribution in [0.15, 0.2) is 24.3 Å². The highest BCUT2D eigenvalue weighted by Gasteiger charge is 2.21. The number of esters is 1. The number of hydrogen-bond acceptors (Lipinski definition) is 4. The molecule has 4 nitrogen and oxygen atoms in total. The van der Waals surface area contributed by atoms with Gasteiger partial charge >= 0.3 is 5.97 Å². The number of carbonyl (C=O) groups is 1. The summed E-state index contributed by atoms with van der Waals surface area (Å²) in [6.45, 7) is 1.40. The lowest BCUT2D eigenvalue weighted by Crippen LogP contribution is -2.41. The molecule has 110 valence electrons. The Hall–Kier alpha value is -1.55. The molecule has 2 rings (SSSR count). The summed E-state index contributed by atoms with van der Waals surface area (Å²) in [7, 11) is 1.66. The van der Waals surface area contributed by atoms with Gasteiger partial charge in [-0.3, -0.25) is 4.79 Å². The van der Waals surface area contributed by atoms with Gasteiger partial charge in [0, 0.05) is 0 Å². The molecule has 1 aromatic rings. The van der Waals surface area contributed by atoms with Crippen LogP contribution in [0.1, 0.15) is 31.2 Å². The van der Waals surface area contributed by atoms with Gasteiger partial charge < -0.3 is 14.8 Å². The van der Waals surface area contributed by atoms with Crippen LogP contribution in [0.5, 0.6) is 5.75 Å². The maximum Gasteiger partial charge on any atom is 0.323 e. The second kappa shape index (κ2) is 7.90. The monoisotopic (exact) mass is 277 g/mol. The first kappa shape index (κ1) is 14.9. The molecule has 1 aliphatic rings. The number of piperidine rings is 1. The van der Waals surface area contributed by atoms with Gasteiger partial charge in [-0.25, -0.2) is 0 Å². The molecule has 1 aromatic carbocycles. The lowest BCUT2D eigenvalue weighted by Gasteiger charge is -2.21. The van der Waals surface area contributed by atoms with E-state index in [0.29, 0.717) is 6.61 Å². The van der Waals surface area contributed by atoms with Gasteiger partial charge in [-0.15, -0.1) is 0 Å². The van der Waals surface area contributed by atoms with Crippen LogP contribution in [0, 0.1) is 0 Å². The topological polar surface area (TPSA) is 47.6 Å². The Morgan fingerprint density at radius 2 is 2.30 bits per heavy atom. The SMILES string of the molecule is COc1cccc(CCCOC(=O)[C@@H]2CCCCN2)c1. The number of aryl methyl sites for hydroxylation is 1. The van der Waals surface area contributed by atoms with E-state index < -0.39 is 0 Å². The van der Waals surface area contributed by atoms with Crippen molar-refractivity contribution in [1.29, 1.82) is 0 Å². The van der Waals surface area contributed by atoms with E-state index in [2.05, 4.69) is 11.4 Å². The lowest BCUT2D eigenvalue weighted by atomic mass is 10.1. The fourth-order valence-electron chi connectivity index (χ4n) is 2.43. The number of rotatable bonds is 6. The Balaban J connectivity index is 1.66. The third-order valence-corrected chi connectivity index (χ3v) is 3.58. The van der Waals surface area contributed by atoms with Gasteiger partial charge in [0.2, 0.25) is 0 Å². The van der Waals surface area contributed by atoms with Crippen molar-refractivity contribution in [1.82, 2.24) is 5.32 Å². The predicted molar refractivity (Wildman–Crippen MR) is 77.9 cm³/mol. The van der Waals surface area contributed by atoms with E-state index in [1.165, 1.54) is 5.56 Å². The van der Waals surface area contributed by atoms with Gasteiger partial charge in [0.25, 0.3) is 0 Å². The molecule has 0 radical (unpaired) electrons. The maximum atomic E-state index is 11.8. The molecule has 1 atom stereocenters. The van der Waals surface area contributed by atoms with Crippen molar-refractivity contribution in [3.05, 3.63) is 29.8 Å². The van der Waals surface area contributed by atoms with Crippen LogP contribution in [-0.2, 0) is 16.0 Å². The van der Waals surface area contributed by atoms with Gasteiger partial charge in [-0.05, 0) is 49.9 Å². The minimum absolute atomic E-state index is 0.0967. The molecule has 0 aromatic heterocycles. The van der Waals surface area contributed by atoms with Crippen molar-refractivity contribution in [2.24, 2.45) is 0 Å². The van der Waals surface area contributed by atoms with Crippen LogP contribution in [0.3, 0.4) is 0 Å². The molecule has 1 fully saturated rings. The van der Waals surface area contributed by atoms with Gasteiger partial charge in [-0.1, -0.05) is 18.6 Å². The molecule has 0 amide bonds. The molecule has 1 N–H and O–H groups in total. The lowest BCUT2D eigenvalue weighted by molar-refractivity contribution is -0.146. The van der Waals surface area contributed by atoms with E-state index in [0.717, 1.165) is 44.4 Å². The van der Waals surface area contributed by atoms with Crippen LogP contribution < -0.4 is 10.1 Å². The quantitative estimate of drug-likeness (QED) is 0.640. The average molecular weight is 277 g/mol. The van der Waals surface area contributed by atoms with Crippen molar-refractivity contribution in [2.75, 3.05) is 20.3 Å². The van der Waals surface area contributed by atoms with Crippen molar-refractivity contribution in [2.45, 2.75) is 38.1 Å². The zero-order valence-corrected chi connectivity index (χ0v) is 12.1. The number of carbonyl (C=O) groups excluding carboxylic acids is 1. The van der Waals surface area contributed by atoms with Gasteiger partial charge in [-0.2, -0.15) is 0 Å². The minimum atomic E-state index is -0.102. The smallest absolute Gasteiger partial charge is 0.323 e. The van der Waals surface area contributed by atoms with Gasteiger partial charge in [0.1, 0.15) is 11.8 Å². The zero-order valence-electron chi connectivity index (χ0n) is 12.1. The van der Waals surface area contributed by atoms with Crippen molar-refractivity contribution in [3.63, 3.8) is 0 Å². The average Bonchev–Trinajstić information content (AvgIpc) is 2.52. The van der Waals surface area contributed by atoms with Gasteiger partial charge in [0.15, 0.2) is 0 Å². The first-order chi connectivity index (χ1) is 9.79.